The lowest BCUT2D eigenvalue weighted by Gasteiger charge is -2.24. The van der Waals surface area contributed by atoms with Crippen molar-refractivity contribution in [1.82, 2.24) is 0 Å². The van der Waals surface area contributed by atoms with E-state index < -0.39 is 36.4 Å². The molecule has 0 heterocycles. The van der Waals surface area contributed by atoms with Gasteiger partial charge in [-0.3, -0.25) is 9.59 Å². The summed E-state index contributed by atoms with van der Waals surface area (Å²) in [5.41, 5.74) is -2.28. The molecule has 7 nitrogen and oxygen atoms in total. The van der Waals surface area contributed by atoms with Crippen LogP contribution in [0.25, 0.3) is 0 Å². The van der Waals surface area contributed by atoms with E-state index in [2.05, 4.69) is 13.8 Å². The third-order valence-corrected chi connectivity index (χ3v) is 5.18. The molecule has 0 aromatic rings. The van der Waals surface area contributed by atoms with E-state index in [0.717, 1.165) is 44.9 Å². The van der Waals surface area contributed by atoms with Gasteiger partial charge in [0.2, 0.25) is 0 Å². The number of esters is 3. The highest BCUT2D eigenvalue weighted by atomic mass is 16.6. The highest BCUT2D eigenvalue weighted by molar-refractivity contribution is 5.90. The SMILES string of the molecule is CCCCCOC(=O)CC(O)(CC(=O)OCCCCC)C(=O)OCCCCCCC(C)C. The van der Waals surface area contributed by atoms with Crippen molar-refractivity contribution >= 4 is 17.9 Å². The van der Waals surface area contributed by atoms with Crippen LogP contribution in [0.5, 0.6) is 0 Å². The molecule has 1 N–H and O–H groups in total. The first-order valence-corrected chi connectivity index (χ1v) is 12.5. The zero-order valence-electron chi connectivity index (χ0n) is 20.8. The zero-order valence-corrected chi connectivity index (χ0v) is 20.8. The Balaban J connectivity index is 4.68. The Bertz CT molecular complexity index is 490. The molecule has 0 amide bonds. The highest BCUT2D eigenvalue weighted by Crippen LogP contribution is 2.21. The summed E-state index contributed by atoms with van der Waals surface area (Å²) in [4.78, 5) is 36.9. The Morgan fingerprint density at radius 3 is 1.59 bits per heavy atom. The van der Waals surface area contributed by atoms with Crippen LogP contribution in [-0.2, 0) is 28.6 Å². The number of hydrogen-bond acceptors (Lipinski definition) is 7. The fraction of sp³-hybridized carbons (Fsp3) is 0.880. The fourth-order valence-corrected chi connectivity index (χ4v) is 3.17. The van der Waals surface area contributed by atoms with Gasteiger partial charge in [0.15, 0.2) is 5.60 Å². The van der Waals surface area contributed by atoms with E-state index >= 15 is 0 Å². The molecule has 7 heteroatoms. The van der Waals surface area contributed by atoms with E-state index in [9.17, 15) is 19.5 Å². The molecule has 0 aliphatic rings. The second kappa shape index (κ2) is 18.9. The van der Waals surface area contributed by atoms with Crippen molar-refractivity contribution < 1.29 is 33.7 Å². The minimum Gasteiger partial charge on any atom is -0.466 e. The number of aliphatic hydroxyl groups is 1. The Kier molecular flexibility index (Phi) is 17.9. The Morgan fingerprint density at radius 2 is 1.12 bits per heavy atom. The lowest BCUT2D eigenvalue weighted by Crippen LogP contribution is -2.45. The van der Waals surface area contributed by atoms with Gasteiger partial charge >= 0.3 is 17.9 Å². The zero-order chi connectivity index (χ0) is 24.2. The van der Waals surface area contributed by atoms with Crippen molar-refractivity contribution in [1.29, 1.82) is 0 Å². The summed E-state index contributed by atoms with van der Waals surface area (Å²) >= 11 is 0. The van der Waals surface area contributed by atoms with Crippen LogP contribution in [0.3, 0.4) is 0 Å². The lowest BCUT2D eigenvalue weighted by molar-refractivity contribution is -0.178. The summed E-state index contributed by atoms with van der Waals surface area (Å²) < 4.78 is 15.4. The number of unbranched alkanes of at least 4 members (excludes halogenated alkanes) is 7. The van der Waals surface area contributed by atoms with Gasteiger partial charge < -0.3 is 19.3 Å². The summed E-state index contributed by atoms with van der Waals surface area (Å²) in [6.45, 7) is 9.02. The van der Waals surface area contributed by atoms with Crippen molar-refractivity contribution in [2.45, 2.75) is 117 Å². The van der Waals surface area contributed by atoms with Crippen LogP contribution in [0.4, 0.5) is 0 Å². The predicted molar refractivity (Wildman–Crippen MR) is 124 cm³/mol. The van der Waals surface area contributed by atoms with E-state index in [-0.39, 0.29) is 19.8 Å². The molecule has 0 saturated carbocycles. The van der Waals surface area contributed by atoms with Crippen LogP contribution >= 0.6 is 0 Å². The van der Waals surface area contributed by atoms with Crippen LogP contribution < -0.4 is 0 Å². The molecule has 0 spiro atoms. The summed E-state index contributed by atoms with van der Waals surface area (Å²) in [6, 6.07) is 0. The fourth-order valence-electron chi connectivity index (χ4n) is 3.17. The summed E-state index contributed by atoms with van der Waals surface area (Å²) in [7, 11) is 0. The quantitative estimate of drug-likeness (QED) is 0.154. The topological polar surface area (TPSA) is 99.1 Å². The van der Waals surface area contributed by atoms with Crippen molar-refractivity contribution in [2.24, 2.45) is 5.92 Å². The average molecular weight is 459 g/mol. The molecule has 0 fully saturated rings. The number of rotatable bonds is 20. The van der Waals surface area contributed by atoms with Gasteiger partial charge in [0.05, 0.1) is 32.7 Å². The van der Waals surface area contributed by atoms with E-state index in [4.69, 9.17) is 14.2 Å². The molecule has 0 atom stereocenters. The molecule has 0 aromatic heterocycles. The highest BCUT2D eigenvalue weighted by Gasteiger charge is 2.43. The molecule has 32 heavy (non-hydrogen) atoms. The first-order chi connectivity index (χ1) is 15.2. The molecule has 0 bridgehead atoms. The van der Waals surface area contributed by atoms with Gasteiger partial charge in [-0.15, -0.1) is 0 Å². The molecule has 0 radical (unpaired) electrons. The first-order valence-electron chi connectivity index (χ1n) is 12.5. The lowest BCUT2D eigenvalue weighted by atomic mass is 9.95. The van der Waals surface area contributed by atoms with E-state index in [1.807, 2.05) is 13.8 Å². The summed E-state index contributed by atoms with van der Waals surface area (Å²) in [6.07, 6.45) is 8.89. The average Bonchev–Trinajstić information content (AvgIpc) is 2.73. The third kappa shape index (κ3) is 16.1. The minimum atomic E-state index is -2.28. The maximum atomic E-state index is 12.6. The summed E-state index contributed by atoms with van der Waals surface area (Å²) in [5.74, 6) is -1.76. The molecule has 0 rings (SSSR count). The van der Waals surface area contributed by atoms with Crippen LogP contribution in [0.1, 0.15) is 111 Å². The Morgan fingerprint density at radius 1 is 0.688 bits per heavy atom. The molecule has 0 aliphatic heterocycles. The van der Waals surface area contributed by atoms with Crippen molar-refractivity contribution in [3.63, 3.8) is 0 Å². The van der Waals surface area contributed by atoms with Gasteiger partial charge in [0, 0.05) is 0 Å². The van der Waals surface area contributed by atoms with Crippen LogP contribution in [0.15, 0.2) is 0 Å². The predicted octanol–water partition coefficient (Wildman–Crippen LogP) is 5.11. The van der Waals surface area contributed by atoms with E-state index in [1.54, 1.807) is 0 Å². The van der Waals surface area contributed by atoms with Gasteiger partial charge in [-0.25, -0.2) is 4.79 Å². The van der Waals surface area contributed by atoms with Gasteiger partial charge in [-0.05, 0) is 25.2 Å². The van der Waals surface area contributed by atoms with E-state index in [0.29, 0.717) is 25.2 Å². The van der Waals surface area contributed by atoms with Crippen LogP contribution in [0.2, 0.25) is 0 Å². The standard InChI is InChI=1S/C25H46O7/c1-5-7-12-16-30-22(26)19-25(29,20-23(27)31-17-13-8-6-2)24(28)32-18-14-10-9-11-15-21(3)4/h21,29H,5-20H2,1-4H3. The number of ether oxygens (including phenoxy) is 3. The largest absolute Gasteiger partial charge is 0.466 e. The minimum absolute atomic E-state index is 0.139. The van der Waals surface area contributed by atoms with Gasteiger partial charge in [-0.2, -0.15) is 0 Å². The second-order valence-corrected chi connectivity index (χ2v) is 8.97. The van der Waals surface area contributed by atoms with Crippen LogP contribution in [-0.4, -0.2) is 48.4 Å². The number of carbonyl (C=O) groups is 3. The van der Waals surface area contributed by atoms with Gasteiger partial charge in [-0.1, -0.05) is 79.1 Å². The Hall–Kier alpha value is -1.63. The van der Waals surface area contributed by atoms with Crippen molar-refractivity contribution in [2.75, 3.05) is 19.8 Å². The monoisotopic (exact) mass is 458 g/mol. The van der Waals surface area contributed by atoms with Gasteiger partial charge in [0.1, 0.15) is 0 Å². The molecule has 0 saturated heterocycles. The first kappa shape index (κ1) is 30.4. The molecule has 0 unspecified atom stereocenters. The molecular formula is C25H46O7. The van der Waals surface area contributed by atoms with Crippen molar-refractivity contribution in [3.8, 4) is 0 Å². The van der Waals surface area contributed by atoms with Gasteiger partial charge in [0.25, 0.3) is 0 Å². The maximum absolute atomic E-state index is 12.6. The number of hydrogen-bond donors (Lipinski definition) is 1. The third-order valence-electron chi connectivity index (χ3n) is 5.18. The smallest absolute Gasteiger partial charge is 0.339 e. The molecule has 188 valence electrons. The summed E-state index contributed by atoms with van der Waals surface area (Å²) in [5, 5.41) is 10.9. The van der Waals surface area contributed by atoms with Crippen molar-refractivity contribution in [3.05, 3.63) is 0 Å². The maximum Gasteiger partial charge on any atom is 0.339 e. The normalized spacial score (nSPS) is 11.4. The second-order valence-electron chi connectivity index (χ2n) is 8.97. The number of carbonyl (C=O) groups excluding carboxylic acids is 3. The Labute approximate surface area is 194 Å². The van der Waals surface area contributed by atoms with E-state index in [1.165, 1.54) is 6.42 Å². The molecule has 0 aliphatic carbocycles. The molecule has 0 aromatic carbocycles. The van der Waals surface area contributed by atoms with Crippen LogP contribution in [0, 0.1) is 5.92 Å². The molecular weight excluding hydrogens is 412 g/mol.